The van der Waals surface area contributed by atoms with Crippen LogP contribution >= 0.6 is 34.5 Å². The van der Waals surface area contributed by atoms with Crippen molar-refractivity contribution in [2.75, 3.05) is 6.54 Å². The molecule has 0 atom stereocenters. The molecule has 19 heavy (non-hydrogen) atoms. The van der Waals surface area contributed by atoms with Gasteiger partial charge in [0.05, 0.1) is 5.02 Å². The van der Waals surface area contributed by atoms with Crippen molar-refractivity contribution in [3.63, 3.8) is 0 Å². The monoisotopic (exact) mass is 313 g/mol. The van der Waals surface area contributed by atoms with Gasteiger partial charge in [0.2, 0.25) is 0 Å². The Morgan fingerprint density at radius 3 is 2.95 bits per heavy atom. The summed E-state index contributed by atoms with van der Waals surface area (Å²) < 4.78 is 0.927. The van der Waals surface area contributed by atoms with Gasteiger partial charge in [-0.3, -0.25) is 4.79 Å². The molecule has 1 aromatic carbocycles. The number of halogens is 2. The molecule has 1 heterocycles. The van der Waals surface area contributed by atoms with Crippen LogP contribution in [0.1, 0.15) is 23.0 Å². The van der Waals surface area contributed by atoms with Crippen LogP contribution in [0, 0.1) is 0 Å². The first-order chi connectivity index (χ1) is 9.13. The zero-order valence-electron chi connectivity index (χ0n) is 10.4. The van der Waals surface area contributed by atoms with Gasteiger partial charge in [0, 0.05) is 21.7 Å². The Kier molecular flexibility index (Phi) is 4.86. The Labute approximate surface area is 126 Å². The third kappa shape index (κ3) is 3.30. The van der Waals surface area contributed by atoms with Gasteiger partial charge in [0.15, 0.2) is 0 Å². The van der Waals surface area contributed by atoms with Gasteiger partial charge in [-0.15, -0.1) is 11.3 Å². The summed E-state index contributed by atoms with van der Waals surface area (Å²) in [6, 6.07) is 5.44. The van der Waals surface area contributed by atoms with Crippen molar-refractivity contribution in [2.45, 2.75) is 13.3 Å². The molecule has 0 aliphatic carbocycles. The van der Waals surface area contributed by atoms with Crippen LogP contribution in [-0.2, 0) is 0 Å². The van der Waals surface area contributed by atoms with Gasteiger partial charge in [0.25, 0.3) is 5.91 Å². The van der Waals surface area contributed by atoms with Crippen LogP contribution in [0.25, 0.3) is 10.1 Å². The fourth-order valence-corrected chi connectivity index (χ4v) is 3.41. The van der Waals surface area contributed by atoms with Crippen LogP contribution in [0.3, 0.4) is 0 Å². The maximum absolute atomic E-state index is 12.0. The van der Waals surface area contributed by atoms with E-state index >= 15 is 0 Å². The number of carbonyl (C=O) groups excluding carboxylic acids is 1. The van der Waals surface area contributed by atoms with E-state index < -0.39 is 0 Å². The molecule has 2 aromatic rings. The van der Waals surface area contributed by atoms with E-state index in [1.54, 1.807) is 6.07 Å². The highest BCUT2D eigenvalue weighted by Gasteiger charge is 2.16. The van der Waals surface area contributed by atoms with Crippen molar-refractivity contribution in [1.82, 2.24) is 5.32 Å². The van der Waals surface area contributed by atoms with Gasteiger partial charge in [0.1, 0.15) is 4.88 Å². The van der Waals surface area contributed by atoms with Crippen molar-refractivity contribution in [3.8, 4) is 0 Å². The second-order valence-corrected chi connectivity index (χ2v) is 5.87. The van der Waals surface area contributed by atoms with Crippen LogP contribution in [-0.4, -0.2) is 12.5 Å². The van der Waals surface area contributed by atoms with Crippen molar-refractivity contribution < 1.29 is 4.79 Å². The van der Waals surface area contributed by atoms with E-state index in [4.69, 9.17) is 23.2 Å². The summed E-state index contributed by atoms with van der Waals surface area (Å²) in [4.78, 5) is 12.6. The molecule has 1 amide bonds. The Balaban J connectivity index is 2.20. The Morgan fingerprint density at radius 1 is 1.42 bits per heavy atom. The second kappa shape index (κ2) is 6.42. The summed E-state index contributed by atoms with van der Waals surface area (Å²) in [6.45, 7) is 2.56. The largest absolute Gasteiger partial charge is 0.351 e. The Hall–Kier alpha value is -1.03. The van der Waals surface area contributed by atoms with E-state index in [1.165, 1.54) is 11.3 Å². The average Bonchev–Trinajstić information content (AvgIpc) is 2.71. The van der Waals surface area contributed by atoms with E-state index in [0.717, 1.165) is 16.5 Å². The zero-order valence-corrected chi connectivity index (χ0v) is 12.7. The van der Waals surface area contributed by atoms with Gasteiger partial charge in [-0.1, -0.05) is 41.4 Å². The molecule has 100 valence electrons. The van der Waals surface area contributed by atoms with Crippen molar-refractivity contribution in [1.29, 1.82) is 0 Å². The molecular formula is C14H13Cl2NOS. The molecule has 0 saturated carbocycles. The van der Waals surface area contributed by atoms with Crippen molar-refractivity contribution >= 4 is 50.5 Å². The van der Waals surface area contributed by atoms with Gasteiger partial charge in [-0.2, -0.15) is 0 Å². The summed E-state index contributed by atoms with van der Waals surface area (Å²) in [5, 5.41) is 4.87. The maximum Gasteiger partial charge on any atom is 0.262 e. The molecule has 0 radical (unpaired) electrons. The average molecular weight is 314 g/mol. The van der Waals surface area contributed by atoms with Gasteiger partial charge in [-0.25, -0.2) is 0 Å². The minimum atomic E-state index is -0.133. The number of rotatable bonds is 4. The van der Waals surface area contributed by atoms with Crippen LogP contribution < -0.4 is 5.32 Å². The van der Waals surface area contributed by atoms with Gasteiger partial charge in [-0.05, 0) is 25.5 Å². The first kappa shape index (κ1) is 14.4. The zero-order chi connectivity index (χ0) is 13.8. The van der Waals surface area contributed by atoms with E-state index in [0.29, 0.717) is 21.5 Å². The lowest BCUT2D eigenvalue weighted by Crippen LogP contribution is -2.23. The molecule has 2 nitrogen and oxygen atoms in total. The molecule has 5 heteroatoms. The molecule has 0 bridgehead atoms. The predicted molar refractivity (Wildman–Crippen MR) is 83.6 cm³/mol. The molecule has 1 aromatic heterocycles. The quantitative estimate of drug-likeness (QED) is 0.631. The van der Waals surface area contributed by atoms with Crippen molar-refractivity contribution in [2.24, 2.45) is 0 Å². The van der Waals surface area contributed by atoms with Crippen LogP contribution in [0.15, 0.2) is 30.4 Å². The van der Waals surface area contributed by atoms with Crippen molar-refractivity contribution in [3.05, 3.63) is 45.3 Å². The third-order valence-corrected chi connectivity index (χ3v) is 4.52. The highest BCUT2D eigenvalue weighted by atomic mass is 35.5. The van der Waals surface area contributed by atoms with Gasteiger partial charge < -0.3 is 5.32 Å². The summed E-state index contributed by atoms with van der Waals surface area (Å²) in [5.74, 6) is -0.133. The Bertz CT molecular complexity index is 634. The number of benzene rings is 1. The van der Waals surface area contributed by atoms with E-state index in [1.807, 2.05) is 31.2 Å². The lowest BCUT2D eigenvalue weighted by molar-refractivity contribution is 0.0958. The topological polar surface area (TPSA) is 29.1 Å². The number of fused-ring (bicyclic) bond motifs is 1. The summed E-state index contributed by atoms with van der Waals surface area (Å²) in [6.07, 6.45) is 4.78. The normalized spacial score (nSPS) is 11.3. The minimum Gasteiger partial charge on any atom is -0.351 e. The molecule has 0 unspecified atom stereocenters. The molecule has 0 aliphatic heterocycles. The fourth-order valence-electron chi connectivity index (χ4n) is 1.70. The fraction of sp³-hybridized carbons (Fsp3) is 0.214. The molecule has 0 spiro atoms. The molecule has 0 fully saturated rings. The van der Waals surface area contributed by atoms with Crippen LogP contribution in [0.2, 0.25) is 10.0 Å². The lowest BCUT2D eigenvalue weighted by Gasteiger charge is -2.01. The number of carbonyl (C=O) groups is 1. The van der Waals surface area contributed by atoms with Crippen LogP contribution in [0.4, 0.5) is 0 Å². The maximum atomic E-state index is 12.0. The molecule has 1 N–H and O–H groups in total. The van der Waals surface area contributed by atoms with E-state index in [9.17, 15) is 4.79 Å². The molecular weight excluding hydrogens is 301 g/mol. The number of nitrogens with one attached hydrogen (secondary N) is 1. The summed E-state index contributed by atoms with van der Waals surface area (Å²) >= 11 is 13.5. The number of hydrogen-bond acceptors (Lipinski definition) is 2. The second-order valence-electron chi connectivity index (χ2n) is 4.00. The van der Waals surface area contributed by atoms with E-state index in [-0.39, 0.29) is 5.91 Å². The number of amides is 1. The van der Waals surface area contributed by atoms with Gasteiger partial charge >= 0.3 is 0 Å². The smallest absolute Gasteiger partial charge is 0.262 e. The first-order valence-corrected chi connectivity index (χ1v) is 7.47. The standard InChI is InChI=1S/C14H13Cl2NOS/c1-2-3-4-7-17-14(18)13-12(16)10-6-5-9(15)8-11(10)19-13/h2-3,5-6,8H,4,7H2,1H3,(H,17,18)/b3-2+. The predicted octanol–water partition coefficient (Wildman–Crippen LogP) is 4.90. The summed E-state index contributed by atoms with van der Waals surface area (Å²) in [5.41, 5.74) is 0. The molecule has 2 rings (SSSR count). The third-order valence-electron chi connectivity index (χ3n) is 2.63. The number of allylic oxidation sites excluding steroid dienone is 1. The number of hydrogen-bond donors (Lipinski definition) is 1. The minimum absolute atomic E-state index is 0.133. The first-order valence-electron chi connectivity index (χ1n) is 5.90. The highest BCUT2D eigenvalue weighted by molar-refractivity contribution is 7.21. The highest BCUT2D eigenvalue weighted by Crippen LogP contribution is 2.36. The Morgan fingerprint density at radius 2 is 2.21 bits per heavy atom. The summed E-state index contributed by atoms with van der Waals surface area (Å²) in [7, 11) is 0. The lowest BCUT2D eigenvalue weighted by atomic mass is 10.2. The molecule has 0 saturated heterocycles. The SMILES string of the molecule is C/C=C/CCNC(=O)c1sc2cc(Cl)ccc2c1Cl. The van der Waals surface area contributed by atoms with Crippen LogP contribution in [0.5, 0.6) is 0 Å². The van der Waals surface area contributed by atoms with E-state index in [2.05, 4.69) is 5.32 Å². The number of thiophene rings is 1. The molecule has 0 aliphatic rings.